The van der Waals surface area contributed by atoms with Gasteiger partial charge in [-0.3, -0.25) is 9.69 Å². The lowest BCUT2D eigenvalue weighted by molar-refractivity contribution is 0.0838. The van der Waals surface area contributed by atoms with Crippen molar-refractivity contribution in [2.24, 2.45) is 0 Å². The predicted octanol–water partition coefficient (Wildman–Crippen LogP) is 3.74. The molecule has 1 atom stereocenters. The van der Waals surface area contributed by atoms with E-state index in [1.54, 1.807) is 0 Å². The van der Waals surface area contributed by atoms with Gasteiger partial charge in [0.2, 0.25) is 0 Å². The molecule has 21 heavy (non-hydrogen) atoms. The number of rotatable bonds is 7. The number of Topliss-reactive ketones (excluding diaryl/α,β-unsaturated/α-hetero) is 1. The number of carbonyl (C=O) groups excluding carboxylic acids is 1. The smallest absolute Gasteiger partial charge is 0.179 e. The molecule has 1 heterocycles. The van der Waals surface area contributed by atoms with E-state index in [9.17, 15) is 4.79 Å². The second-order valence-electron chi connectivity index (χ2n) is 5.98. The van der Waals surface area contributed by atoms with E-state index in [0.717, 1.165) is 50.9 Å². The van der Waals surface area contributed by atoms with Crippen molar-refractivity contribution in [3.63, 3.8) is 0 Å². The third-order valence-electron chi connectivity index (χ3n) is 4.28. The minimum atomic E-state index is -0.0282. The van der Waals surface area contributed by atoms with E-state index in [4.69, 9.17) is 0 Å². The molecule has 1 aliphatic heterocycles. The summed E-state index contributed by atoms with van der Waals surface area (Å²) in [6, 6.07) is 6.11. The number of anilines is 1. The number of nitrogens with zero attached hydrogens (tertiary/aromatic N) is 1. The molecule has 0 aliphatic carbocycles. The van der Waals surface area contributed by atoms with Gasteiger partial charge < -0.3 is 5.32 Å². The zero-order chi connectivity index (χ0) is 15.2. The number of fused-ring (bicyclic) bond motifs is 1. The maximum atomic E-state index is 12.8. The van der Waals surface area contributed by atoms with Gasteiger partial charge in [-0.25, -0.2) is 0 Å². The molecule has 1 aromatic rings. The number of carbonyl (C=O) groups is 1. The lowest BCUT2D eigenvalue weighted by atomic mass is 9.96. The number of benzene rings is 1. The molecular formula is C18H28N2O. The highest BCUT2D eigenvalue weighted by Gasteiger charge is 2.22. The first-order valence-electron chi connectivity index (χ1n) is 8.32. The van der Waals surface area contributed by atoms with E-state index in [1.807, 2.05) is 13.0 Å². The molecule has 0 spiro atoms. The Morgan fingerprint density at radius 2 is 2.00 bits per heavy atom. The van der Waals surface area contributed by atoms with Crippen LogP contribution in [0.4, 0.5) is 5.69 Å². The van der Waals surface area contributed by atoms with Crippen molar-refractivity contribution in [2.45, 2.75) is 52.5 Å². The molecule has 1 N–H and O–H groups in total. The fourth-order valence-electron chi connectivity index (χ4n) is 3.11. The summed E-state index contributed by atoms with van der Waals surface area (Å²) in [4.78, 5) is 15.1. The van der Waals surface area contributed by atoms with E-state index < -0.39 is 0 Å². The number of ketones is 1. The summed E-state index contributed by atoms with van der Waals surface area (Å²) in [5.74, 6) is 0.255. The molecule has 0 radical (unpaired) electrons. The van der Waals surface area contributed by atoms with Gasteiger partial charge in [0.25, 0.3) is 0 Å². The highest BCUT2D eigenvalue weighted by atomic mass is 16.1. The summed E-state index contributed by atoms with van der Waals surface area (Å²) in [5.41, 5.74) is 3.35. The molecule has 0 fully saturated rings. The Kier molecular flexibility index (Phi) is 5.80. The van der Waals surface area contributed by atoms with Crippen LogP contribution in [0.1, 0.15) is 56.0 Å². The van der Waals surface area contributed by atoms with E-state index >= 15 is 0 Å². The summed E-state index contributed by atoms with van der Waals surface area (Å²) in [6.45, 7) is 9.41. The monoisotopic (exact) mass is 288 g/mol. The van der Waals surface area contributed by atoms with Crippen molar-refractivity contribution in [3.05, 3.63) is 29.3 Å². The van der Waals surface area contributed by atoms with E-state index in [-0.39, 0.29) is 11.8 Å². The largest absolute Gasteiger partial charge is 0.385 e. The number of hydrogen-bond donors (Lipinski definition) is 1. The van der Waals surface area contributed by atoms with Gasteiger partial charge in [0.05, 0.1) is 6.04 Å². The Morgan fingerprint density at radius 3 is 2.67 bits per heavy atom. The Bertz CT molecular complexity index is 478. The molecule has 0 aromatic heterocycles. The minimum Gasteiger partial charge on any atom is -0.385 e. The maximum Gasteiger partial charge on any atom is 0.179 e. The van der Waals surface area contributed by atoms with Crippen LogP contribution in [0.5, 0.6) is 0 Å². The molecule has 2 rings (SSSR count). The Balaban J connectivity index is 2.14. The summed E-state index contributed by atoms with van der Waals surface area (Å²) < 4.78 is 0. The van der Waals surface area contributed by atoms with Crippen molar-refractivity contribution >= 4 is 11.5 Å². The van der Waals surface area contributed by atoms with Crippen LogP contribution in [0.25, 0.3) is 0 Å². The van der Waals surface area contributed by atoms with Gasteiger partial charge in [-0.15, -0.1) is 0 Å². The average molecular weight is 288 g/mol. The van der Waals surface area contributed by atoms with Gasteiger partial charge in [0, 0.05) is 17.8 Å². The summed E-state index contributed by atoms with van der Waals surface area (Å²) in [5, 5.41) is 3.40. The fraction of sp³-hybridized carbons (Fsp3) is 0.611. The molecule has 0 saturated heterocycles. The van der Waals surface area contributed by atoms with Crippen LogP contribution in [0.3, 0.4) is 0 Å². The molecule has 116 valence electrons. The normalized spacial score (nSPS) is 15.4. The number of aryl methyl sites for hydroxylation is 1. The van der Waals surface area contributed by atoms with Crippen molar-refractivity contribution in [1.29, 1.82) is 0 Å². The van der Waals surface area contributed by atoms with Crippen LogP contribution in [0.2, 0.25) is 0 Å². The summed E-state index contributed by atoms with van der Waals surface area (Å²) in [7, 11) is 0. The summed E-state index contributed by atoms with van der Waals surface area (Å²) >= 11 is 0. The van der Waals surface area contributed by atoms with Gasteiger partial charge in [-0.1, -0.05) is 13.8 Å². The zero-order valence-corrected chi connectivity index (χ0v) is 13.6. The predicted molar refractivity (Wildman–Crippen MR) is 89.2 cm³/mol. The summed E-state index contributed by atoms with van der Waals surface area (Å²) in [6.07, 6.45) is 4.40. The molecule has 1 aliphatic rings. The first-order valence-corrected chi connectivity index (χ1v) is 8.32. The van der Waals surface area contributed by atoms with Gasteiger partial charge in [0.15, 0.2) is 5.78 Å². The van der Waals surface area contributed by atoms with Crippen LogP contribution < -0.4 is 5.32 Å². The molecule has 0 bridgehead atoms. The first kappa shape index (κ1) is 16.0. The van der Waals surface area contributed by atoms with Crippen molar-refractivity contribution in [2.75, 3.05) is 25.0 Å². The average Bonchev–Trinajstić information content (AvgIpc) is 2.53. The number of hydrogen-bond acceptors (Lipinski definition) is 3. The van der Waals surface area contributed by atoms with Crippen LogP contribution in [0, 0.1) is 0 Å². The molecular weight excluding hydrogens is 260 g/mol. The number of nitrogens with one attached hydrogen (secondary N) is 1. The minimum absolute atomic E-state index is 0.0282. The highest BCUT2D eigenvalue weighted by molar-refractivity contribution is 6.00. The third kappa shape index (κ3) is 3.85. The van der Waals surface area contributed by atoms with E-state index in [1.165, 1.54) is 11.3 Å². The molecule has 1 unspecified atom stereocenters. The lowest BCUT2D eigenvalue weighted by Gasteiger charge is -2.27. The first-order chi connectivity index (χ1) is 10.2. The van der Waals surface area contributed by atoms with Crippen LogP contribution in [-0.4, -0.2) is 36.4 Å². The fourth-order valence-corrected chi connectivity index (χ4v) is 3.11. The lowest BCUT2D eigenvalue weighted by Crippen LogP contribution is -2.40. The second kappa shape index (κ2) is 7.60. The zero-order valence-electron chi connectivity index (χ0n) is 13.6. The topological polar surface area (TPSA) is 32.3 Å². The van der Waals surface area contributed by atoms with Crippen LogP contribution >= 0.6 is 0 Å². The van der Waals surface area contributed by atoms with E-state index in [2.05, 4.69) is 36.2 Å². The van der Waals surface area contributed by atoms with E-state index in [0.29, 0.717) is 0 Å². The third-order valence-corrected chi connectivity index (χ3v) is 4.28. The molecule has 1 aromatic carbocycles. The Morgan fingerprint density at radius 1 is 1.29 bits per heavy atom. The molecule has 0 amide bonds. The highest BCUT2D eigenvalue weighted by Crippen LogP contribution is 2.24. The van der Waals surface area contributed by atoms with Crippen molar-refractivity contribution in [1.82, 2.24) is 4.90 Å². The van der Waals surface area contributed by atoms with Crippen molar-refractivity contribution < 1.29 is 4.79 Å². The van der Waals surface area contributed by atoms with Gasteiger partial charge in [-0.05, 0) is 69.5 Å². The maximum absolute atomic E-state index is 12.8. The Labute approximate surface area is 128 Å². The van der Waals surface area contributed by atoms with Crippen LogP contribution in [0.15, 0.2) is 18.2 Å². The van der Waals surface area contributed by atoms with Crippen molar-refractivity contribution in [3.8, 4) is 0 Å². The SMILES string of the molecule is CCCN(CCC)C(C)C(=O)c1ccc2c(c1)CCCN2. The molecule has 0 saturated carbocycles. The van der Waals surface area contributed by atoms with Gasteiger partial charge in [0.1, 0.15) is 0 Å². The molecule has 3 heteroatoms. The molecule has 3 nitrogen and oxygen atoms in total. The van der Waals surface area contributed by atoms with Gasteiger partial charge in [-0.2, -0.15) is 0 Å². The second-order valence-corrected chi connectivity index (χ2v) is 5.98. The van der Waals surface area contributed by atoms with Crippen LogP contribution in [-0.2, 0) is 6.42 Å². The Hall–Kier alpha value is -1.35. The van der Waals surface area contributed by atoms with Gasteiger partial charge >= 0.3 is 0 Å². The standard InChI is InChI=1S/C18H28N2O/c1-4-11-20(12-5-2)14(3)18(21)16-8-9-17-15(13-16)7-6-10-19-17/h8-9,13-14,19H,4-7,10-12H2,1-3H3. The quantitative estimate of drug-likeness (QED) is 0.776.